The molecule has 2 bridgehead atoms. The Kier molecular flexibility index (Phi) is 2.77. The normalized spacial score (nSPS) is 37.3. The second-order valence-electron chi connectivity index (χ2n) is 6.92. The molecule has 0 aliphatic heterocycles. The molecule has 0 saturated heterocycles. The Bertz CT molecular complexity index is 435. The number of fused-ring (bicyclic) bond motifs is 2. The smallest absolute Gasteiger partial charge is 0.0925 e. The van der Waals surface area contributed by atoms with E-state index in [0.29, 0.717) is 11.5 Å². The quantitative estimate of drug-likeness (QED) is 0.862. The summed E-state index contributed by atoms with van der Waals surface area (Å²) in [5.41, 5.74) is 2.94. The van der Waals surface area contributed by atoms with Crippen molar-refractivity contribution in [3.8, 4) is 0 Å². The van der Waals surface area contributed by atoms with E-state index in [9.17, 15) is 0 Å². The fraction of sp³-hybridized carbons (Fsp3) is 0.800. The van der Waals surface area contributed by atoms with Crippen molar-refractivity contribution in [1.82, 2.24) is 15.3 Å². The highest BCUT2D eigenvalue weighted by atomic mass is 15.0. The lowest BCUT2D eigenvalue weighted by Crippen LogP contribution is -2.59. The van der Waals surface area contributed by atoms with Gasteiger partial charge in [0.1, 0.15) is 0 Å². The highest BCUT2D eigenvalue weighted by Gasteiger charge is 2.55. The number of aryl methyl sites for hydroxylation is 1. The lowest BCUT2D eigenvalue weighted by atomic mass is 9.45. The van der Waals surface area contributed by atoms with Crippen molar-refractivity contribution in [2.75, 3.05) is 0 Å². The maximum absolute atomic E-state index is 4.37. The minimum absolute atomic E-state index is 0.583. The number of aromatic nitrogens is 2. The van der Waals surface area contributed by atoms with Crippen LogP contribution in [0.3, 0.4) is 0 Å². The van der Waals surface area contributed by atoms with Gasteiger partial charge in [-0.3, -0.25) is 0 Å². The summed E-state index contributed by atoms with van der Waals surface area (Å²) >= 11 is 0. The Morgan fingerprint density at radius 1 is 1.44 bits per heavy atom. The van der Waals surface area contributed by atoms with E-state index in [-0.39, 0.29) is 0 Å². The Balaban J connectivity index is 1.61. The summed E-state index contributed by atoms with van der Waals surface area (Å²) in [6.45, 7) is 10.3. The molecule has 2 N–H and O–H groups in total. The molecule has 1 aromatic rings. The van der Waals surface area contributed by atoms with Crippen LogP contribution in [0.25, 0.3) is 0 Å². The third-order valence-corrected chi connectivity index (χ3v) is 5.82. The predicted octanol–water partition coefficient (Wildman–Crippen LogP) is 2.88. The van der Waals surface area contributed by atoms with Crippen LogP contribution >= 0.6 is 0 Å². The topological polar surface area (TPSA) is 40.7 Å². The molecule has 3 heteroatoms. The Morgan fingerprint density at radius 3 is 2.78 bits per heavy atom. The molecule has 1 heterocycles. The molecule has 100 valence electrons. The number of imidazole rings is 1. The third-order valence-electron chi connectivity index (χ3n) is 5.82. The first-order valence-corrected chi connectivity index (χ1v) is 7.22. The van der Waals surface area contributed by atoms with Crippen LogP contribution in [-0.2, 0) is 6.54 Å². The van der Waals surface area contributed by atoms with Crippen LogP contribution in [0.1, 0.15) is 45.0 Å². The number of nitrogens with zero attached hydrogens (tertiary/aromatic N) is 1. The number of aromatic amines is 1. The first-order chi connectivity index (χ1) is 8.50. The molecular weight excluding hydrogens is 222 g/mol. The zero-order chi connectivity index (χ0) is 12.9. The molecule has 1 aromatic heterocycles. The second-order valence-corrected chi connectivity index (χ2v) is 6.92. The van der Waals surface area contributed by atoms with Crippen molar-refractivity contribution >= 4 is 0 Å². The van der Waals surface area contributed by atoms with E-state index in [1.807, 2.05) is 0 Å². The number of H-pyrrole nitrogens is 1. The minimum atomic E-state index is 0.583. The van der Waals surface area contributed by atoms with Gasteiger partial charge in [0.15, 0.2) is 0 Å². The maximum atomic E-state index is 4.37. The summed E-state index contributed by atoms with van der Waals surface area (Å²) < 4.78 is 0. The van der Waals surface area contributed by atoms with Crippen molar-refractivity contribution in [2.24, 2.45) is 23.2 Å². The van der Waals surface area contributed by atoms with Gasteiger partial charge in [0.25, 0.3) is 0 Å². The molecule has 3 aliphatic rings. The SMILES string of the molecule is Cc1[nH]cnc1CN[C@@H]1C[C@H]2C[C@H]([C@H]1C)C2(C)C. The van der Waals surface area contributed by atoms with E-state index in [4.69, 9.17) is 0 Å². The maximum Gasteiger partial charge on any atom is 0.0925 e. The molecule has 0 spiro atoms. The van der Waals surface area contributed by atoms with Crippen LogP contribution in [0.5, 0.6) is 0 Å². The first kappa shape index (κ1) is 12.2. The van der Waals surface area contributed by atoms with Gasteiger partial charge in [0.05, 0.1) is 12.0 Å². The van der Waals surface area contributed by atoms with E-state index in [1.165, 1.54) is 24.2 Å². The van der Waals surface area contributed by atoms with Gasteiger partial charge in [-0.25, -0.2) is 4.98 Å². The standard InChI is InChI=1S/C15H25N3/c1-9-12-5-11(15(12,3)4)6-13(9)16-7-14-10(2)17-8-18-14/h8-9,11-13,16H,5-7H2,1-4H3,(H,17,18)/t9-,11-,12-,13-/m1/s1. The summed E-state index contributed by atoms with van der Waals surface area (Å²) in [6.07, 6.45) is 4.58. The highest BCUT2D eigenvalue weighted by Crippen LogP contribution is 2.61. The lowest BCUT2D eigenvalue weighted by Gasteiger charge is -2.62. The molecule has 3 nitrogen and oxygen atoms in total. The van der Waals surface area contributed by atoms with Crippen LogP contribution in [0.15, 0.2) is 6.33 Å². The largest absolute Gasteiger partial charge is 0.348 e. The van der Waals surface area contributed by atoms with Crippen LogP contribution in [0.2, 0.25) is 0 Å². The van der Waals surface area contributed by atoms with Gasteiger partial charge >= 0.3 is 0 Å². The van der Waals surface area contributed by atoms with E-state index in [0.717, 1.165) is 24.3 Å². The monoisotopic (exact) mass is 247 g/mol. The molecule has 3 saturated carbocycles. The van der Waals surface area contributed by atoms with Crippen molar-refractivity contribution in [1.29, 1.82) is 0 Å². The molecule has 0 unspecified atom stereocenters. The van der Waals surface area contributed by atoms with Crippen molar-refractivity contribution in [2.45, 2.75) is 53.1 Å². The number of hydrogen-bond acceptors (Lipinski definition) is 2. The van der Waals surface area contributed by atoms with E-state index in [1.54, 1.807) is 6.33 Å². The van der Waals surface area contributed by atoms with Gasteiger partial charge in [0, 0.05) is 18.3 Å². The van der Waals surface area contributed by atoms with Crippen molar-refractivity contribution in [3.63, 3.8) is 0 Å². The van der Waals surface area contributed by atoms with E-state index >= 15 is 0 Å². The van der Waals surface area contributed by atoms with Gasteiger partial charge in [0.2, 0.25) is 0 Å². The molecule has 3 fully saturated rings. The summed E-state index contributed by atoms with van der Waals surface area (Å²) in [5, 5.41) is 3.73. The van der Waals surface area contributed by atoms with E-state index < -0.39 is 0 Å². The Hall–Kier alpha value is -0.830. The van der Waals surface area contributed by atoms with Gasteiger partial charge in [-0.15, -0.1) is 0 Å². The number of hydrogen-bond donors (Lipinski definition) is 2. The third kappa shape index (κ3) is 1.71. The summed E-state index contributed by atoms with van der Waals surface area (Å²) in [4.78, 5) is 7.51. The first-order valence-electron chi connectivity index (χ1n) is 7.22. The molecule has 18 heavy (non-hydrogen) atoms. The molecule has 3 aliphatic carbocycles. The van der Waals surface area contributed by atoms with Crippen LogP contribution in [-0.4, -0.2) is 16.0 Å². The molecule has 0 radical (unpaired) electrons. The van der Waals surface area contributed by atoms with Crippen molar-refractivity contribution in [3.05, 3.63) is 17.7 Å². The number of rotatable bonds is 3. The fourth-order valence-electron chi connectivity index (χ4n) is 4.21. The van der Waals surface area contributed by atoms with Crippen LogP contribution in [0.4, 0.5) is 0 Å². The van der Waals surface area contributed by atoms with Gasteiger partial charge in [-0.1, -0.05) is 20.8 Å². The van der Waals surface area contributed by atoms with Crippen LogP contribution < -0.4 is 5.32 Å². The summed E-state index contributed by atoms with van der Waals surface area (Å²) in [6, 6.07) is 0.679. The molecule has 4 atom stereocenters. The molecule has 4 rings (SSSR count). The Labute approximate surface area is 110 Å². The summed E-state index contributed by atoms with van der Waals surface area (Å²) in [7, 11) is 0. The average molecular weight is 247 g/mol. The van der Waals surface area contributed by atoms with Gasteiger partial charge in [-0.2, -0.15) is 0 Å². The Morgan fingerprint density at radius 2 is 2.22 bits per heavy atom. The number of nitrogens with one attached hydrogen (secondary N) is 2. The highest BCUT2D eigenvalue weighted by molar-refractivity contribution is 5.10. The van der Waals surface area contributed by atoms with Crippen LogP contribution in [0, 0.1) is 30.1 Å². The average Bonchev–Trinajstić information content (AvgIpc) is 2.73. The van der Waals surface area contributed by atoms with E-state index in [2.05, 4.69) is 43.0 Å². The lowest BCUT2D eigenvalue weighted by molar-refractivity contribution is -0.115. The van der Waals surface area contributed by atoms with Crippen molar-refractivity contribution < 1.29 is 0 Å². The molecule has 0 amide bonds. The zero-order valence-corrected chi connectivity index (χ0v) is 12.0. The molecular formula is C15H25N3. The minimum Gasteiger partial charge on any atom is -0.348 e. The van der Waals surface area contributed by atoms with Gasteiger partial charge in [-0.05, 0) is 42.9 Å². The predicted molar refractivity (Wildman–Crippen MR) is 73.1 cm³/mol. The van der Waals surface area contributed by atoms with Gasteiger partial charge < -0.3 is 10.3 Å². The molecule has 0 aromatic carbocycles. The summed E-state index contributed by atoms with van der Waals surface area (Å²) in [5.74, 6) is 2.63. The fourth-order valence-corrected chi connectivity index (χ4v) is 4.21. The zero-order valence-electron chi connectivity index (χ0n) is 12.0. The second kappa shape index (κ2) is 4.09.